The molecule has 0 N–H and O–H groups in total. The molecule has 17 heavy (non-hydrogen) atoms. The van der Waals surface area contributed by atoms with Gasteiger partial charge < -0.3 is 0 Å². The maximum Gasteiger partial charge on any atom is 0.418 e. The first kappa shape index (κ1) is 15.2. The summed E-state index contributed by atoms with van der Waals surface area (Å²) in [7, 11) is 0. The third kappa shape index (κ3) is 3.11. The van der Waals surface area contributed by atoms with E-state index in [9.17, 15) is 26.3 Å². The molecular weight excluding hydrogens is 402 g/mol. The summed E-state index contributed by atoms with van der Waals surface area (Å²) in [5.74, 6) is 0. The van der Waals surface area contributed by atoms with Gasteiger partial charge in [-0.1, -0.05) is 31.9 Å². The van der Waals surface area contributed by atoms with Crippen molar-refractivity contribution in [1.29, 1.82) is 0 Å². The van der Waals surface area contributed by atoms with Gasteiger partial charge in [0.05, 0.1) is 11.1 Å². The lowest BCUT2D eigenvalue weighted by Gasteiger charge is -2.18. The number of thiol groups is 1. The normalized spacial score (nSPS) is 13.0. The van der Waals surface area contributed by atoms with E-state index in [-0.39, 0.29) is 0 Å². The van der Waals surface area contributed by atoms with Crippen molar-refractivity contribution < 1.29 is 26.3 Å². The Kier molecular flexibility index (Phi) is 4.15. The number of alkyl halides is 6. The highest BCUT2D eigenvalue weighted by atomic mass is 79.9. The van der Waals surface area contributed by atoms with Crippen molar-refractivity contribution in [1.82, 2.24) is 0 Å². The standard InChI is InChI=1S/C8H2Br2F6S/c9-2-1-3(10)5(8(14,15)16)6(17)4(2)7(11,12)13/h1,17H. The van der Waals surface area contributed by atoms with Crippen molar-refractivity contribution in [3.63, 3.8) is 0 Å². The minimum atomic E-state index is -4.92. The summed E-state index contributed by atoms with van der Waals surface area (Å²) in [4.78, 5) is -1.16. The van der Waals surface area contributed by atoms with Gasteiger partial charge in [0, 0.05) is 13.8 Å². The smallest absolute Gasteiger partial charge is 0.166 e. The Labute approximate surface area is 114 Å². The van der Waals surface area contributed by atoms with Crippen molar-refractivity contribution >= 4 is 44.5 Å². The molecule has 1 rings (SSSR count). The second-order valence-corrected chi connectivity index (χ2v) is 5.09. The van der Waals surface area contributed by atoms with Crippen molar-refractivity contribution in [2.75, 3.05) is 0 Å². The molecular formula is C8H2Br2F6S. The summed E-state index contributed by atoms with van der Waals surface area (Å²) < 4.78 is 74.3. The minimum Gasteiger partial charge on any atom is -0.166 e. The first-order valence-corrected chi connectivity index (χ1v) is 5.85. The van der Waals surface area contributed by atoms with Crippen LogP contribution >= 0.6 is 44.5 Å². The first-order valence-electron chi connectivity index (χ1n) is 3.81. The molecule has 0 bridgehead atoms. The maximum atomic E-state index is 12.5. The van der Waals surface area contributed by atoms with Crippen LogP contribution in [0.15, 0.2) is 19.9 Å². The van der Waals surface area contributed by atoms with E-state index in [4.69, 9.17) is 0 Å². The number of hydrogen-bond donors (Lipinski definition) is 1. The molecule has 96 valence electrons. The van der Waals surface area contributed by atoms with Gasteiger partial charge in [-0.25, -0.2) is 0 Å². The summed E-state index contributed by atoms with van der Waals surface area (Å²) in [6, 6.07) is 0.700. The Morgan fingerprint density at radius 2 is 1.12 bits per heavy atom. The highest BCUT2D eigenvalue weighted by Crippen LogP contribution is 2.47. The van der Waals surface area contributed by atoms with Gasteiger partial charge >= 0.3 is 12.4 Å². The van der Waals surface area contributed by atoms with Crippen LogP contribution in [0, 0.1) is 0 Å². The van der Waals surface area contributed by atoms with Crippen LogP contribution in [0.25, 0.3) is 0 Å². The minimum absolute atomic E-state index is 0.505. The van der Waals surface area contributed by atoms with E-state index in [1.807, 2.05) is 0 Å². The predicted molar refractivity (Wildman–Crippen MR) is 59.1 cm³/mol. The highest BCUT2D eigenvalue weighted by Gasteiger charge is 2.43. The molecule has 0 aliphatic heterocycles. The predicted octanol–water partition coefficient (Wildman–Crippen LogP) is 5.54. The molecule has 0 aliphatic carbocycles. The Bertz CT molecular complexity index is 413. The van der Waals surface area contributed by atoms with Crippen LogP contribution in [0.1, 0.15) is 11.1 Å². The van der Waals surface area contributed by atoms with Crippen molar-refractivity contribution in [3.8, 4) is 0 Å². The summed E-state index contributed by atoms with van der Waals surface area (Å²) in [6.45, 7) is 0. The van der Waals surface area contributed by atoms with E-state index in [2.05, 4.69) is 44.5 Å². The molecule has 0 radical (unpaired) electrons. The van der Waals surface area contributed by atoms with Gasteiger partial charge in [-0.2, -0.15) is 26.3 Å². The van der Waals surface area contributed by atoms with Crippen LogP contribution in [-0.4, -0.2) is 0 Å². The monoisotopic (exact) mass is 402 g/mol. The zero-order valence-electron chi connectivity index (χ0n) is 7.55. The lowest BCUT2D eigenvalue weighted by atomic mass is 10.1. The lowest BCUT2D eigenvalue weighted by Crippen LogP contribution is -2.14. The molecule has 0 unspecified atom stereocenters. The van der Waals surface area contributed by atoms with Crippen molar-refractivity contribution in [3.05, 3.63) is 26.1 Å². The molecule has 0 amide bonds. The highest BCUT2D eigenvalue weighted by molar-refractivity contribution is 9.11. The summed E-state index contributed by atoms with van der Waals surface area (Å²) in [6.07, 6.45) is -9.84. The van der Waals surface area contributed by atoms with E-state index in [1.54, 1.807) is 0 Å². The Hall–Kier alpha value is 0.110. The molecule has 0 fully saturated rings. The van der Waals surface area contributed by atoms with Crippen molar-refractivity contribution in [2.24, 2.45) is 0 Å². The molecule has 9 heteroatoms. The zero-order chi connectivity index (χ0) is 13.6. The molecule has 0 heterocycles. The fraction of sp³-hybridized carbons (Fsp3) is 0.250. The molecule has 0 aromatic heterocycles. The second kappa shape index (κ2) is 4.65. The van der Waals surface area contributed by atoms with Crippen molar-refractivity contribution in [2.45, 2.75) is 17.2 Å². The second-order valence-electron chi connectivity index (χ2n) is 2.93. The van der Waals surface area contributed by atoms with E-state index in [0.29, 0.717) is 6.07 Å². The molecule has 1 aromatic rings. The average Bonchev–Trinajstić information content (AvgIpc) is 1.94. The zero-order valence-corrected chi connectivity index (χ0v) is 11.6. The Morgan fingerprint density at radius 1 is 0.824 bits per heavy atom. The molecule has 1 aromatic carbocycles. The number of hydrogen-bond acceptors (Lipinski definition) is 1. The van der Waals surface area contributed by atoms with Gasteiger partial charge in [0.1, 0.15) is 0 Å². The van der Waals surface area contributed by atoms with Gasteiger partial charge in [0.15, 0.2) is 0 Å². The van der Waals surface area contributed by atoms with Gasteiger partial charge in [-0.05, 0) is 6.07 Å². The largest absolute Gasteiger partial charge is 0.418 e. The Balaban J connectivity index is 3.67. The topological polar surface area (TPSA) is 0 Å². The maximum absolute atomic E-state index is 12.5. The van der Waals surface area contributed by atoms with E-state index < -0.39 is 37.3 Å². The summed E-state index contributed by atoms with van der Waals surface area (Å²) in [5, 5.41) is 0. The first-order chi connectivity index (χ1) is 7.46. The molecule has 0 saturated heterocycles. The fourth-order valence-electron chi connectivity index (χ4n) is 1.15. The van der Waals surface area contributed by atoms with Crippen LogP contribution in [0.4, 0.5) is 26.3 Å². The van der Waals surface area contributed by atoms with E-state index >= 15 is 0 Å². The van der Waals surface area contributed by atoms with Gasteiger partial charge in [0.2, 0.25) is 0 Å². The molecule has 0 aliphatic rings. The number of halogens is 8. The van der Waals surface area contributed by atoms with Gasteiger partial charge in [0.25, 0.3) is 0 Å². The summed E-state index contributed by atoms with van der Waals surface area (Å²) in [5.41, 5.74) is -2.90. The van der Waals surface area contributed by atoms with E-state index in [0.717, 1.165) is 0 Å². The SMILES string of the molecule is FC(F)(F)c1c(Br)cc(Br)c(C(F)(F)F)c1S. The molecule has 0 nitrogen and oxygen atoms in total. The quantitative estimate of drug-likeness (QED) is 0.427. The molecule has 0 saturated carbocycles. The van der Waals surface area contributed by atoms with Gasteiger partial charge in [-0.15, -0.1) is 12.6 Å². The number of rotatable bonds is 0. The lowest BCUT2D eigenvalue weighted by molar-refractivity contribution is -0.148. The fourth-order valence-corrected chi connectivity index (χ4v) is 3.56. The molecule has 0 atom stereocenters. The van der Waals surface area contributed by atoms with Crippen LogP contribution in [0.3, 0.4) is 0 Å². The summed E-state index contributed by atoms with van der Waals surface area (Å²) >= 11 is 8.47. The van der Waals surface area contributed by atoms with Crippen LogP contribution in [0.2, 0.25) is 0 Å². The average molecular weight is 404 g/mol. The van der Waals surface area contributed by atoms with Crippen LogP contribution < -0.4 is 0 Å². The third-order valence-corrected chi connectivity index (χ3v) is 3.47. The number of benzene rings is 1. The van der Waals surface area contributed by atoms with E-state index in [1.165, 1.54) is 0 Å². The van der Waals surface area contributed by atoms with Crippen LogP contribution in [0.5, 0.6) is 0 Å². The Morgan fingerprint density at radius 3 is 1.35 bits per heavy atom. The van der Waals surface area contributed by atoms with Gasteiger partial charge in [-0.3, -0.25) is 0 Å². The third-order valence-electron chi connectivity index (χ3n) is 1.77. The van der Waals surface area contributed by atoms with Crippen LogP contribution in [-0.2, 0) is 12.4 Å². The molecule has 0 spiro atoms.